The molecule has 1 unspecified atom stereocenters. The summed E-state index contributed by atoms with van der Waals surface area (Å²) in [6.07, 6.45) is 0. The second-order valence-electron chi connectivity index (χ2n) is 4.38. The number of hydrogen-bond acceptors (Lipinski definition) is 4. The molecule has 2 rings (SSSR count). The molecule has 0 aliphatic rings. The van der Waals surface area contributed by atoms with Crippen LogP contribution >= 0.6 is 11.6 Å². The average molecular weight is 306 g/mol. The first-order valence-electron chi connectivity index (χ1n) is 6.38. The molecule has 1 N–H and O–H groups in total. The number of benzene rings is 2. The van der Waals surface area contributed by atoms with Crippen LogP contribution < -0.4 is 10.1 Å². The first kappa shape index (κ1) is 15.2. The maximum absolute atomic E-state index is 12.0. The van der Waals surface area contributed by atoms with E-state index in [9.17, 15) is 4.79 Å². The van der Waals surface area contributed by atoms with Gasteiger partial charge in [-0.3, -0.25) is 0 Å². The highest BCUT2D eigenvalue weighted by molar-refractivity contribution is 6.30. The molecule has 0 bridgehead atoms. The first-order valence-corrected chi connectivity index (χ1v) is 6.75. The van der Waals surface area contributed by atoms with Crippen molar-refractivity contribution in [1.82, 2.24) is 0 Å². The molecule has 2 aromatic rings. The molecule has 110 valence electrons. The predicted molar refractivity (Wildman–Crippen MR) is 82.8 cm³/mol. The van der Waals surface area contributed by atoms with Gasteiger partial charge in [0, 0.05) is 10.7 Å². The van der Waals surface area contributed by atoms with E-state index in [4.69, 9.17) is 21.1 Å². The molecule has 2 aromatic carbocycles. The first-order chi connectivity index (χ1) is 10.1. The van der Waals surface area contributed by atoms with Crippen molar-refractivity contribution in [3.63, 3.8) is 0 Å². The topological polar surface area (TPSA) is 47.6 Å². The maximum Gasteiger partial charge on any atom is 0.332 e. The number of anilines is 1. The molecule has 0 heterocycles. The number of carbonyl (C=O) groups excluding carboxylic acids is 1. The highest BCUT2D eigenvalue weighted by atomic mass is 35.5. The third-order valence-electron chi connectivity index (χ3n) is 3.04. The summed E-state index contributed by atoms with van der Waals surface area (Å²) in [7, 11) is 2.96. The van der Waals surface area contributed by atoms with Crippen molar-refractivity contribution in [2.75, 3.05) is 19.5 Å². The van der Waals surface area contributed by atoms with Gasteiger partial charge < -0.3 is 14.8 Å². The van der Waals surface area contributed by atoms with E-state index in [-0.39, 0.29) is 5.97 Å². The molecule has 0 spiro atoms. The van der Waals surface area contributed by atoms with E-state index < -0.39 is 6.04 Å². The highest BCUT2D eigenvalue weighted by Gasteiger charge is 2.21. The fourth-order valence-electron chi connectivity index (χ4n) is 1.91. The third-order valence-corrected chi connectivity index (χ3v) is 3.29. The Kier molecular flexibility index (Phi) is 5.06. The van der Waals surface area contributed by atoms with Crippen LogP contribution in [0.15, 0.2) is 48.5 Å². The van der Waals surface area contributed by atoms with Crippen LogP contribution in [-0.4, -0.2) is 20.2 Å². The summed E-state index contributed by atoms with van der Waals surface area (Å²) >= 11 is 5.86. The number of rotatable bonds is 5. The molecule has 1 atom stereocenters. The summed E-state index contributed by atoms with van der Waals surface area (Å²) in [4.78, 5) is 12.0. The Morgan fingerprint density at radius 2 is 1.67 bits per heavy atom. The Bertz CT molecular complexity index is 596. The summed E-state index contributed by atoms with van der Waals surface area (Å²) in [6, 6.07) is 13.8. The molecule has 5 heteroatoms. The standard InChI is InChI=1S/C16H16ClNO3/c1-20-14-9-3-11(4-10-14)15(16(19)21-2)18-13-7-5-12(17)6-8-13/h3-10,15,18H,1-2H3. The van der Waals surface area contributed by atoms with E-state index in [2.05, 4.69) is 5.32 Å². The van der Waals surface area contributed by atoms with Gasteiger partial charge in [-0.05, 0) is 42.0 Å². The third kappa shape index (κ3) is 3.89. The summed E-state index contributed by atoms with van der Waals surface area (Å²) < 4.78 is 9.98. The SMILES string of the molecule is COC(=O)C(Nc1ccc(Cl)cc1)c1ccc(OC)cc1. The molecule has 0 saturated heterocycles. The number of esters is 1. The molecule has 0 amide bonds. The van der Waals surface area contributed by atoms with E-state index in [0.29, 0.717) is 5.02 Å². The summed E-state index contributed by atoms with van der Waals surface area (Å²) in [5, 5.41) is 3.78. The van der Waals surface area contributed by atoms with Crippen molar-refractivity contribution in [3.8, 4) is 5.75 Å². The lowest BCUT2D eigenvalue weighted by atomic mass is 10.1. The van der Waals surface area contributed by atoms with Gasteiger partial charge in [0.05, 0.1) is 14.2 Å². The zero-order valence-corrected chi connectivity index (χ0v) is 12.6. The Morgan fingerprint density at radius 1 is 1.05 bits per heavy atom. The van der Waals surface area contributed by atoms with Crippen LogP contribution in [0.25, 0.3) is 0 Å². The average Bonchev–Trinajstić information content (AvgIpc) is 2.54. The van der Waals surface area contributed by atoms with E-state index in [1.807, 2.05) is 24.3 Å². The molecular weight excluding hydrogens is 290 g/mol. The Morgan fingerprint density at radius 3 is 2.19 bits per heavy atom. The summed E-state index contributed by atoms with van der Waals surface area (Å²) in [6.45, 7) is 0. The largest absolute Gasteiger partial charge is 0.497 e. The van der Waals surface area contributed by atoms with Gasteiger partial charge in [-0.25, -0.2) is 4.79 Å². The smallest absolute Gasteiger partial charge is 0.332 e. The van der Waals surface area contributed by atoms with Crippen LogP contribution in [0.1, 0.15) is 11.6 Å². The minimum atomic E-state index is -0.595. The van der Waals surface area contributed by atoms with Crippen LogP contribution in [-0.2, 0) is 9.53 Å². The zero-order chi connectivity index (χ0) is 15.2. The molecule has 0 aliphatic carbocycles. The molecular formula is C16H16ClNO3. The molecule has 0 aliphatic heterocycles. The number of carbonyl (C=O) groups is 1. The Balaban J connectivity index is 2.25. The van der Waals surface area contributed by atoms with Gasteiger partial charge in [0.2, 0.25) is 0 Å². The lowest BCUT2D eigenvalue weighted by molar-refractivity contribution is -0.141. The molecule has 0 fully saturated rings. The number of nitrogens with one attached hydrogen (secondary N) is 1. The van der Waals surface area contributed by atoms with Gasteiger partial charge in [-0.1, -0.05) is 23.7 Å². The molecule has 0 aromatic heterocycles. The van der Waals surface area contributed by atoms with E-state index in [1.165, 1.54) is 7.11 Å². The van der Waals surface area contributed by atoms with Crippen LogP contribution in [0, 0.1) is 0 Å². The van der Waals surface area contributed by atoms with Crippen LogP contribution in [0.2, 0.25) is 5.02 Å². The quantitative estimate of drug-likeness (QED) is 0.856. The lowest BCUT2D eigenvalue weighted by Crippen LogP contribution is -2.22. The minimum Gasteiger partial charge on any atom is -0.497 e. The highest BCUT2D eigenvalue weighted by Crippen LogP contribution is 2.24. The van der Waals surface area contributed by atoms with Crippen molar-refractivity contribution in [1.29, 1.82) is 0 Å². The fourth-order valence-corrected chi connectivity index (χ4v) is 2.03. The second-order valence-corrected chi connectivity index (χ2v) is 4.82. The van der Waals surface area contributed by atoms with Gasteiger partial charge >= 0.3 is 5.97 Å². The van der Waals surface area contributed by atoms with Gasteiger partial charge in [0.15, 0.2) is 6.04 Å². The van der Waals surface area contributed by atoms with Crippen LogP contribution in [0.5, 0.6) is 5.75 Å². The summed E-state index contributed by atoms with van der Waals surface area (Å²) in [5.41, 5.74) is 1.57. The van der Waals surface area contributed by atoms with Crippen molar-refractivity contribution in [2.45, 2.75) is 6.04 Å². The van der Waals surface area contributed by atoms with Crippen molar-refractivity contribution >= 4 is 23.3 Å². The molecule has 0 saturated carbocycles. The predicted octanol–water partition coefficient (Wildman–Crippen LogP) is 3.67. The number of methoxy groups -OCH3 is 2. The number of ether oxygens (including phenoxy) is 2. The number of halogens is 1. The lowest BCUT2D eigenvalue weighted by Gasteiger charge is -2.18. The zero-order valence-electron chi connectivity index (χ0n) is 11.8. The van der Waals surface area contributed by atoms with Crippen LogP contribution in [0.4, 0.5) is 5.69 Å². The van der Waals surface area contributed by atoms with E-state index >= 15 is 0 Å². The molecule has 0 radical (unpaired) electrons. The monoisotopic (exact) mass is 305 g/mol. The van der Waals surface area contributed by atoms with Gasteiger partial charge in [0.25, 0.3) is 0 Å². The summed E-state index contributed by atoms with van der Waals surface area (Å²) in [5.74, 6) is 0.365. The van der Waals surface area contributed by atoms with Crippen molar-refractivity contribution < 1.29 is 14.3 Å². The van der Waals surface area contributed by atoms with E-state index in [0.717, 1.165) is 17.0 Å². The van der Waals surface area contributed by atoms with Crippen LogP contribution in [0.3, 0.4) is 0 Å². The Labute approximate surface area is 128 Å². The number of hydrogen-bond donors (Lipinski definition) is 1. The van der Waals surface area contributed by atoms with Gasteiger partial charge in [-0.15, -0.1) is 0 Å². The molecule has 21 heavy (non-hydrogen) atoms. The maximum atomic E-state index is 12.0. The Hall–Kier alpha value is -2.20. The minimum absolute atomic E-state index is 0.366. The normalized spacial score (nSPS) is 11.6. The van der Waals surface area contributed by atoms with E-state index in [1.54, 1.807) is 31.4 Å². The molecule has 4 nitrogen and oxygen atoms in total. The van der Waals surface area contributed by atoms with Crippen molar-refractivity contribution in [3.05, 3.63) is 59.1 Å². The van der Waals surface area contributed by atoms with Crippen molar-refractivity contribution in [2.24, 2.45) is 0 Å². The van der Waals surface area contributed by atoms with Gasteiger partial charge in [0.1, 0.15) is 5.75 Å². The second kappa shape index (κ2) is 6.99. The van der Waals surface area contributed by atoms with Gasteiger partial charge in [-0.2, -0.15) is 0 Å². The fraction of sp³-hybridized carbons (Fsp3) is 0.188.